The van der Waals surface area contributed by atoms with Gasteiger partial charge in [-0.3, -0.25) is 5.32 Å². The fraction of sp³-hybridized carbons (Fsp3) is 0.250. The molecule has 1 amide bonds. The predicted octanol–water partition coefficient (Wildman–Crippen LogP) is 5.53. The van der Waals surface area contributed by atoms with Crippen molar-refractivity contribution in [1.82, 2.24) is 5.32 Å². The average molecular weight is 344 g/mol. The van der Waals surface area contributed by atoms with Crippen molar-refractivity contribution in [3.63, 3.8) is 0 Å². The molecule has 2 aromatic carbocycles. The minimum atomic E-state index is -0.486. The smallest absolute Gasteiger partial charge is 0.411 e. The first kappa shape index (κ1) is 18.1. The third kappa shape index (κ3) is 5.74. The summed E-state index contributed by atoms with van der Waals surface area (Å²) in [5.41, 5.74) is 3.27. The molecule has 2 rings (SSSR count). The fourth-order valence-electron chi connectivity index (χ4n) is 2.07. The molecule has 0 radical (unpaired) electrons. The van der Waals surface area contributed by atoms with E-state index in [4.69, 9.17) is 16.3 Å². The van der Waals surface area contributed by atoms with E-state index in [0.29, 0.717) is 5.02 Å². The number of rotatable bonds is 4. The van der Waals surface area contributed by atoms with Crippen LogP contribution in [-0.2, 0) is 16.8 Å². The number of alkyl carbamates (subject to hydrolysis) is 1. The van der Waals surface area contributed by atoms with Gasteiger partial charge >= 0.3 is 6.09 Å². The molecular formula is C20H22ClNO2. The summed E-state index contributed by atoms with van der Waals surface area (Å²) in [4.78, 5) is 11.7. The largest absolute Gasteiger partial charge is 0.444 e. The summed E-state index contributed by atoms with van der Waals surface area (Å²) in [5, 5.41) is 3.25. The lowest BCUT2D eigenvalue weighted by Crippen LogP contribution is -2.18. The van der Waals surface area contributed by atoms with E-state index in [-0.39, 0.29) is 12.0 Å². The number of hydrogen-bond donors (Lipinski definition) is 1. The maximum Gasteiger partial charge on any atom is 0.411 e. The van der Waals surface area contributed by atoms with Crippen LogP contribution in [0.4, 0.5) is 4.79 Å². The van der Waals surface area contributed by atoms with Gasteiger partial charge in [0.2, 0.25) is 0 Å². The van der Waals surface area contributed by atoms with Crippen molar-refractivity contribution in [3.8, 4) is 0 Å². The zero-order chi connectivity index (χ0) is 17.6. The SMILES string of the molecule is CC(C)(C)c1ccc(COC(=O)N/C=C/c2ccc(Cl)cc2)cc1. The van der Waals surface area contributed by atoms with E-state index in [2.05, 4.69) is 38.2 Å². The minimum absolute atomic E-state index is 0.114. The first-order chi connectivity index (χ1) is 11.3. The van der Waals surface area contributed by atoms with Crippen LogP contribution in [0.2, 0.25) is 5.02 Å². The molecule has 0 saturated carbocycles. The molecule has 0 bridgehead atoms. The Balaban J connectivity index is 1.79. The Bertz CT molecular complexity index is 698. The van der Waals surface area contributed by atoms with Crippen molar-refractivity contribution >= 4 is 23.8 Å². The van der Waals surface area contributed by atoms with Gasteiger partial charge in [-0.15, -0.1) is 0 Å². The van der Waals surface area contributed by atoms with E-state index >= 15 is 0 Å². The van der Waals surface area contributed by atoms with E-state index in [1.54, 1.807) is 24.4 Å². The molecule has 0 unspecified atom stereocenters. The fourth-order valence-corrected chi connectivity index (χ4v) is 2.20. The normalized spacial score (nSPS) is 11.5. The molecule has 0 aliphatic carbocycles. The standard InChI is InChI=1S/C20H22ClNO2/c1-20(2,3)17-8-4-16(5-9-17)14-24-19(23)22-13-12-15-6-10-18(21)11-7-15/h4-13H,14H2,1-3H3,(H,22,23)/b13-12+. The van der Waals surface area contributed by atoms with E-state index in [0.717, 1.165) is 11.1 Å². The topological polar surface area (TPSA) is 38.3 Å². The molecule has 0 fully saturated rings. The number of carbonyl (C=O) groups is 1. The van der Waals surface area contributed by atoms with Gasteiger partial charge in [0.25, 0.3) is 0 Å². The molecule has 126 valence electrons. The van der Waals surface area contributed by atoms with E-state index in [1.165, 1.54) is 5.56 Å². The summed E-state index contributed by atoms with van der Waals surface area (Å²) in [5.74, 6) is 0. The molecule has 0 aromatic heterocycles. The lowest BCUT2D eigenvalue weighted by atomic mass is 9.87. The molecule has 24 heavy (non-hydrogen) atoms. The predicted molar refractivity (Wildman–Crippen MR) is 98.9 cm³/mol. The van der Waals surface area contributed by atoms with Gasteiger partial charge in [0.05, 0.1) is 0 Å². The molecule has 3 nitrogen and oxygen atoms in total. The Labute approximate surface area is 148 Å². The average Bonchev–Trinajstić information content (AvgIpc) is 2.54. The zero-order valence-electron chi connectivity index (χ0n) is 14.2. The summed E-state index contributed by atoms with van der Waals surface area (Å²) in [7, 11) is 0. The highest BCUT2D eigenvalue weighted by Crippen LogP contribution is 2.22. The molecule has 0 atom stereocenters. The van der Waals surface area contributed by atoms with E-state index < -0.39 is 6.09 Å². The molecule has 0 aliphatic heterocycles. The van der Waals surface area contributed by atoms with Crippen LogP contribution in [-0.4, -0.2) is 6.09 Å². The van der Waals surface area contributed by atoms with Gasteiger partial charge < -0.3 is 4.74 Å². The molecule has 0 aliphatic rings. The number of carbonyl (C=O) groups excluding carboxylic acids is 1. The molecule has 4 heteroatoms. The second-order valence-electron chi connectivity index (χ2n) is 6.55. The summed E-state index contributed by atoms with van der Waals surface area (Å²) in [6.45, 7) is 6.74. The molecule has 2 aromatic rings. The summed E-state index contributed by atoms with van der Waals surface area (Å²) >= 11 is 5.82. The van der Waals surface area contributed by atoms with Crippen molar-refractivity contribution in [2.24, 2.45) is 0 Å². The van der Waals surface area contributed by atoms with Gasteiger partial charge in [-0.2, -0.15) is 0 Å². The number of ether oxygens (including phenoxy) is 1. The number of nitrogens with one attached hydrogen (secondary N) is 1. The Morgan fingerprint density at radius 3 is 2.29 bits per heavy atom. The van der Waals surface area contributed by atoms with Gasteiger partial charge in [-0.05, 0) is 40.3 Å². The summed E-state index contributed by atoms with van der Waals surface area (Å²) < 4.78 is 5.19. The number of amides is 1. The van der Waals surface area contributed by atoms with Crippen molar-refractivity contribution in [2.45, 2.75) is 32.8 Å². The highest BCUT2D eigenvalue weighted by atomic mass is 35.5. The van der Waals surface area contributed by atoms with Crippen molar-refractivity contribution in [1.29, 1.82) is 0 Å². The van der Waals surface area contributed by atoms with Crippen molar-refractivity contribution in [3.05, 3.63) is 76.4 Å². The summed E-state index contributed by atoms with van der Waals surface area (Å²) in [6, 6.07) is 15.4. The van der Waals surface area contributed by atoms with Crippen molar-refractivity contribution in [2.75, 3.05) is 0 Å². The first-order valence-corrected chi connectivity index (χ1v) is 8.17. The lowest BCUT2D eigenvalue weighted by Gasteiger charge is -2.19. The second-order valence-corrected chi connectivity index (χ2v) is 6.99. The number of benzene rings is 2. The first-order valence-electron chi connectivity index (χ1n) is 7.79. The van der Waals surface area contributed by atoms with Crippen LogP contribution in [0, 0.1) is 0 Å². The van der Waals surface area contributed by atoms with E-state index in [1.807, 2.05) is 24.3 Å². The Hall–Kier alpha value is -2.26. The highest BCUT2D eigenvalue weighted by molar-refractivity contribution is 6.30. The van der Waals surface area contributed by atoms with Gasteiger partial charge in [-0.1, -0.05) is 68.8 Å². The molecule has 0 saturated heterocycles. The van der Waals surface area contributed by atoms with Crippen molar-refractivity contribution < 1.29 is 9.53 Å². The minimum Gasteiger partial charge on any atom is -0.444 e. The quantitative estimate of drug-likeness (QED) is 0.792. The van der Waals surface area contributed by atoms with Crippen LogP contribution in [0.1, 0.15) is 37.5 Å². The lowest BCUT2D eigenvalue weighted by molar-refractivity contribution is 0.143. The monoisotopic (exact) mass is 343 g/mol. The maximum atomic E-state index is 11.7. The van der Waals surface area contributed by atoms with Crippen LogP contribution in [0.25, 0.3) is 6.08 Å². The van der Waals surface area contributed by atoms with Crippen LogP contribution >= 0.6 is 11.6 Å². The van der Waals surface area contributed by atoms with Crippen LogP contribution in [0.5, 0.6) is 0 Å². The molecule has 1 N–H and O–H groups in total. The number of hydrogen-bond acceptors (Lipinski definition) is 2. The van der Waals surface area contributed by atoms with Gasteiger partial charge in [0, 0.05) is 11.2 Å². The van der Waals surface area contributed by atoms with Crippen LogP contribution in [0.15, 0.2) is 54.7 Å². The van der Waals surface area contributed by atoms with Crippen LogP contribution in [0.3, 0.4) is 0 Å². The maximum absolute atomic E-state index is 11.7. The third-order valence-electron chi connectivity index (χ3n) is 3.54. The van der Waals surface area contributed by atoms with E-state index in [9.17, 15) is 4.79 Å². The van der Waals surface area contributed by atoms with Gasteiger partial charge in [-0.25, -0.2) is 4.79 Å². The summed E-state index contributed by atoms with van der Waals surface area (Å²) in [6.07, 6.45) is 2.84. The Morgan fingerprint density at radius 2 is 1.71 bits per heavy atom. The van der Waals surface area contributed by atoms with Gasteiger partial charge in [0.15, 0.2) is 0 Å². The Kier molecular flexibility index (Phi) is 6.04. The highest BCUT2D eigenvalue weighted by Gasteiger charge is 2.12. The van der Waals surface area contributed by atoms with Gasteiger partial charge in [0.1, 0.15) is 6.61 Å². The second kappa shape index (κ2) is 8.02. The molecular weight excluding hydrogens is 322 g/mol. The third-order valence-corrected chi connectivity index (χ3v) is 3.79. The van der Waals surface area contributed by atoms with Crippen LogP contribution < -0.4 is 5.32 Å². The molecule has 0 heterocycles. The molecule has 0 spiro atoms. The Morgan fingerprint density at radius 1 is 1.08 bits per heavy atom. The zero-order valence-corrected chi connectivity index (χ0v) is 14.9. The number of halogens is 1.